The number of carbonyl (C=O) groups excluding carboxylic acids is 1. The number of aryl methyl sites for hydroxylation is 1. The third-order valence-corrected chi connectivity index (χ3v) is 5.32. The molecule has 1 fully saturated rings. The first-order chi connectivity index (χ1) is 14.6. The second-order valence-electron chi connectivity index (χ2n) is 7.55. The molecule has 154 valence electrons. The molecule has 0 bridgehead atoms. The maximum Gasteiger partial charge on any atom is 0.251 e. The highest BCUT2D eigenvalue weighted by Gasteiger charge is 2.44. The van der Waals surface area contributed by atoms with E-state index in [9.17, 15) is 9.18 Å². The zero-order chi connectivity index (χ0) is 20.6. The Hall–Kier alpha value is -3.42. The lowest BCUT2D eigenvalue weighted by molar-refractivity contribution is -0.116. The minimum absolute atomic E-state index is 0.175. The Balaban J connectivity index is 1.17. The van der Waals surface area contributed by atoms with Crippen LogP contribution in [0, 0.1) is 5.82 Å². The number of amides is 1. The Morgan fingerprint density at radius 1 is 1.07 bits per heavy atom. The molecule has 30 heavy (non-hydrogen) atoms. The number of hydrogen-bond acceptors (Lipinski definition) is 6. The molecular formula is C22H20FN3O4. The molecule has 3 aromatic rings. The largest absolute Gasteiger partial charge is 0.448 e. The lowest BCUT2D eigenvalue weighted by Crippen LogP contribution is -2.34. The normalized spacial score (nSPS) is 16.2. The summed E-state index contributed by atoms with van der Waals surface area (Å²) >= 11 is 0. The van der Waals surface area contributed by atoms with Gasteiger partial charge in [0.25, 0.3) is 5.79 Å². The summed E-state index contributed by atoms with van der Waals surface area (Å²) in [5, 5.41) is 6.74. The molecule has 7 nitrogen and oxygen atoms in total. The van der Waals surface area contributed by atoms with Crippen LogP contribution in [-0.4, -0.2) is 21.8 Å². The third kappa shape index (κ3) is 3.72. The van der Waals surface area contributed by atoms with Gasteiger partial charge in [0.1, 0.15) is 5.82 Å². The van der Waals surface area contributed by atoms with Crippen LogP contribution in [0.2, 0.25) is 0 Å². The smallest absolute Gasteiger partial charge is 0.251 e. The average molecular weight is 409 g/mol. The van der Waals surface area contributed by atoms with Crippen LogP contribution in [0.4, 0.5) is 10.1 Å². The van der Waals surface area contributed by atoms with Crippen molar-refractivity contribution in [2.75, 3.05) is 5.32 Å². The van der Waals surface area contributed by atoms with Gasteiger partial charge in [-0.3, -0.25) is 4.79 Å². The molecule has 0 unspecified atom stereocenters. The number of aromatic nitrogens is 2. The van der Waals surface area contributed by atoms with Gasteiger partial charge < -0.3 is 19.3 Å². The summed E-state index contributed by atoms with van der Waals surface area (Å²) < 4.78 is 30.2. The van der Waals surface area contributed by atoms with E-state index in [2.05, 4.69) is 15.5 Å². The number of nitrogens with zero attached hydrogens (tertiary/aromatic N) is 2. The number of rotatable bonds is 5. The Morgan fingerprint density at radius 3 is 2.63 bits per heavy atom. The number of halogens is 1. The number of fused-ring (bicyclic) bond motifs is 1. The lowest BCUT2D eigenvalue weighted by Gasteiger charge is -2.21. The fraction of sp³-hybridized carbons (Fsp3) is 0.318. The summed E-state index contributed by atoms with van der Waals surface area (Å²) in [5.41, 5.74) is 1.30. The van der Waals surface area contributed by atoms with E-state index in [-0.39, 0.29) is 18.1 Å². The number of carbonyl (C=O) groups is 1. The summed E-state index contributed by atoms with van der Waals surface area (Å²) in [4.78, 5) is 16.6. The van der Waals surface area contributed by atoms with Gasteiger partial charge in [-0.2, -0.15) is 4.98 Å². The van der Waals surface area contributed by atoms with Gasteiger partial charge in [-0.05, 0) is 49.2 Å². The molecule has 1 saturated carbocycles. The van der Waals surface area contributed by atoms with Crippen LogP contribution in [0.15, 0.2) is 47.0 Å². The van der Waals surface area contributed by atoms with Crippen molar-refractivity contribution in [2.24, 2.45) is 0 Å². The van der Waals surface area contributed by atoms with Crippen molar-refractivity contribution in [3.63, 3.8) is 0 Å². The molecule has 2 aromatic carbocycles. The highest BCUT2D eigenvalue weighted by atomic mass is 19.1. The molecule has 1 aromatic heterocycles. The summed E-state index contributed by atoms with van der Waals surface area (Å²) in [6.45, 7) is 0. The van der Waals surface area contributed by atoms with Crippen LogP contribution in [0.25, 0.3) is 11.4 Å². The standard InChI is InChI=1S/C22H20FN3O4/c23-15-5-3-14(4-6-15)21-25-20(30-26-21)10-9-19(27)24-16-7-8-17-18(13-16)29-22(28-17)11-1-2-12-22/h3-8,13H,1-2,9-12H2,(H,24,27). The molecule has 1 spiro atoms. The predicted octanol–water partition coefficient (Wildman–Crippen LogP) is 4.49. The summed E-state index contributed by atoms with van der Waals surface area (Å²) in [6, 6.07) is 11.2. The second-order valence-corrected chi connectivity index (χ2v) is 7.55. The first-order valence-corrected chi connectivity index (χ1v) is 9.99. The van der Waals surface area contributed by atoms with Crippen molar-refractivity contribution in [3.05, 3.63) is 54.2 Å². The molecular weight excluding hydrogens is 389 g/mol. The molecule has 8 heteroatoms. The highest BCUT2D eigenvalue weighted by molar-refractivity contribution is 5.91. The Morgan fingerprint density at radius 2 is 1.83 bits per heavy atom. The minimum Gasteiger partial charge on any atom is -0.448 e. The van der Waals surface area contributed by atoms with Crippen LogP contribution in [0.3, 0.4) is 0 Å². The van der Waals surface area contributed by atoms with E-state index < -0.39 is 5.79 Å². The van der Waals surface area contributed by atoms with Gasteiger partial charge in [0.05, 0.1) is 0 Å². The Bertz CT molecular complexity index is 1070. The van der Waals surface area contributed by atoms with E-state index in [1.807, 2.05) is 6.07 Å². The molecule has 2 aliphatic rings. The topological polar surface area (TPSA) is 86.5 Å². The van der Waals surface area contributed by atoms with Crippen molar-refractivity contribution >= 4 is 11.6 Å². The number of anilines is 1. The lowest BCUT2D eigenvalue weighted by atomic mass is 10.2. The van der Waals surface area contributed by atoms with Gasteiger partial charge in [0, 0.05) is 43.0 Å². The number of nitrogens with one attached hydrogen (secondary N) is 1. The van der Waals surface area contributed by atoms with E-state index in [0.29, 0.717) is 40.9 Å². The van der Waals surface area contributed by atoms with Crippen LogP contribution in [-0.2, 0) is 11.2 Å². The number of hydrogen-bond donors (Lipinski definition) is 1. The van der Waals surface area contributed by atoms with E-state index in [1.165, 1.54) is 12.1 Å². The SMILES string of the molecule is O=C(CCc1nc(-c2ccc(F)cc2)no1)Nc1ccc2c(c1)OC1(CCCC1)O2. The van der Waals surface area contributed by atoms with E-state index >= 15 is 0 Å². The maximum atomic E-state index is 13.0. The van der Waals surface area contributed by atoms with Gasteiger partial charge in [0.2, 0.25) is 17.6 Å². The number of ether oxygens (including phenoxy) is 2. The predicted molar refractivity (Wildman–Crippen MR) is 106 cm³/mol. The van der Waals surface area contributed by atoms with Gasteiger partial charge in [-0.25, -0.2) is 4.39 Å². The van der Waals surface area contributed by atoms with Gasteiger partial charge in [-0.1, -0.05) is 5.16 Å². The molecule has 1 aliphatic carbocycles. The molecule has 0 radical (unpaired) electrons. The van der Waals surface area contributed by atoms with Gasteiger partial charge in [-0.15, -0.1) is 0 Å². The van der Waals surface area contributed by atoms with E-state index in [1.54, 1.807) is 24.3 Å². The fourth-order valence-electron chi connectivity index (χ4n) is 3.81. The van der Waals surface area contributed by atoms with E-state index in [4.69, 9.17) is 14.0 Å². The zero-order valence-corrected chi connectivity index (χ0v) is 16.2. The van der Waals surface area contributed by atoms with Crippen molar-refractivity contribution in [3.8, 4) is 22.9 Å². The van der Waals surface area contributed by atoms with Crippen molar-refractivity contribution in [2.45, 2.75) is 44.3 Å². The molecule has 1 N–H and O–H groups in total. The van der Waals surface area contributed by atoms with Crippen LogP contribution < -0.4 is 14.8 Å². The average Bonchev–Trinajstić information content (AvgIpc) is 3.47. The fourth-order valence-corrected chi connectivity index (χ4v) is 3.81. The van der Waals surface area contributed by atoms with E-state index in [0.717, 1.165) is 25.7 Å². The Kier molecular flexibility index (Phi) is 4.61. The quantitative estimate of drug-likeness (QED) is 0.668. The molecule has 1 aliphatic heterocycles. The first-order valence-electron chi connectivity index (χ1n) is 9.99. The summed E-state index contributed by atoms with van der Waals surface area (Å²) in [5.74, 6) is 1.06. The Labute approximate surface area is 172 Å². The third-order valence-electron chi connectivity index (χ3n) is 5.32. The van der Waals surface area contributed by atoms with Gasteiger partial charge >= 0.3 is 0 Å². The van der Waals surface area contributed by atoms with Crippen molar-refractivity contribution in [1.82, 2.24) is 10.1 Å². The maximum absolute atomic E-state index is 13.0. The van der Waals surface area contributed by atoms with Crippen molar-refractivity contribution < 1.29 is 23.2 Å². The van der Waals surface area contributed by atoms with Crippen LogP contribution >= 0.6 is 0 Å². The molecule has 1 amide bonds. The summed E-state index contributed by atoms with van der Waals surface area (Å²) in [6.07, 6.45) is 4.43. The zero-order valence-electron chi connectivity index (χ0n) is 16.2. The molecule has 2 heterocycles. The monoisotopic (exact) mass is 409 g/mol. The van der Waals surface area contributed by atoms with Gasteiger partial charge in [0.15, 0.2) is 11.5 Å². The highest BCUT2D eigenvalue weighted by Crippen LogP contribution is 2.47. The second kappa shape index (κ2) is 7.44. The molecule has 5 rings (SSSR count). The van der Waals surface area contributed by atoms with Crippen LogP contribution in [0.1, 0.15) is 38.0 Å². The summed E-state index contributed by atoms with van der Waals surface area (Å²) in [7, 11) is 0. The molecule has 0 saturated heterocycles. The van der Waals surface area contributed by atoms with Crippen molar-refractivity contribution in [1.29, 1.82) is 0 Å². The molecule has 0 atom stereocenters. The number of benzene rings is 2. The minimum atomic E-state index is -0.523. The van der Waals surface area contributed by atoms with Crippen LogP contribution in [0.5, 0.6) is 11.5 Å². The first kappa shape index (κ1) is 18.6.